The molecule has 2 aromatic rings. The number of hydrogen-bond acceptors (Lipinski definition) is 6. The molecule has 0 aliphatic carbocycles. The van der Waals surface area contributed by atoms with Gasteiger partial charge in [0.15, 0.2) is 5.75 Å². The minimum Gasteiger partial charge on any atom is -0.502 e. The number of piperidine rings is 1. The van der Waals surface area contributed by atoms with Crippen LogP contribution in [0.3, 0.4) is 0 Å². The molecule has 1 aliphatic rings. The lowest BCUT2D eigenvalue weighted by molar-refractivity contribution is -0.385. The van der Waals surface area contributed by atoms with E-state index in [4.69, 9.17) is 4.74 Å². The van der Waals surface area contributed by atoms with Crippen molar-refractivity contribution >= 4 is 17.4 Å². The fourth-order valence-corrected chi connectivity index (χ4v) is 4.29. The normalized spacial score (nSPS) is 15.7. The van der Waals surface area contributed by atoms with Crippen LogP contribution in [0.1, 0.15) is 37.3 Å². The fraction of sp³-hybridized carbons (Fsp3) is 0.500. The molecule has 1 unspecified atom stereocenters. The number of rotatable bonds is 10. The zero-order valence-electron chi connectivity index (χ0n) is 18.4. The minimum atomic E-state index is -0.558. The van der Waals surface area contributed by atoms with E-state index >= 15 is 0 Å². The maximum atomic E-state index is 11.2. The summed E-state index contributed by atoms with van der Waals surface area (Å²) in [5.74, 6) is -0.319. The van der Waals surface area contributed by atoms with Gasteiger partial charge in [-0.25, -0.2) is 0 Å². The number of thioether (sulfide) groups is 1. The third-order valence-electron chi connectivity index (χ3n) is 5.88. The molecule has 0 bridgehead atoms. The van der Waals surface area contributed by atoms with E-state index in [1.807, 2.05) is 17.8 Å². The summed E-state index contributed by atoms with van der Waals surface area (Å²) in [4.78, 5) is 13.1. The lowest BCUT2D eigenvalue weighted by Gasteiger charge is -2.26. The van der Waals surface area contributed by atoms with E-state index in [0.717, 1.165) is 37.2 Å². The summed E-state index contributed by atoms with van der Waals surface area (Å²) in [5.41, 5.74) is 3.68. The van der Waals surface area contributed by atoms with Crippen molar-refractivity contribution in [3.8, 4) is 16.9 Å². The van der Waals surface area contributed by atoms with Crippen molar-refractivity contribution < 1.29 is 14.8 Å². The van der Waals surface area contributed by atoms with Gasteiger partial charge in [-0.1, -0.05) is 31.5 Å². The topological polar surface area (TPSA) is 75.8 Å². The quantitative estimate of drug-likeness (QED) is 0.306. The Morgan fingerprint density at radius 1 is 1.13 bits per heavy atom. The lowest BCUT2D eigenvalue weighted by atomic mass is 9.96. The molecule has 31 heavy (non-hydrogen) atoms. The molecule has 0 saturated carbocycles. The highest BCUT2D eigenvalue weighted by molar-refractivity contribution is 7.99. The zero-order chi connectivity index (χ0) is 22.2. The molecule has 1 atom stereocenters. The van der Waals surface area contributed by atoms with Crippen LogP contribution in [0.2, 0.25) is 0 Å². The van der Waals surface area contributed by atoms with Gasteiger partial charge < -0.3 is 14.7 Å². The van der Waals surface area contributed by atoms with E-state index in [9.17, 15) is 15.2 Å². The second-order valence-electron chi connectivity index (χ2n) is 8.15. The summed E-state index contributed by atoms with van der Waals surface area (Å²) in [5, 5.41) is 21.5. The van der Waals surface area contributed by atoms with E-state index in [1.54, 1.807) is 6.07 Å². The molecule has 0 radical (unpaired) electrons. The van der Waals surface area contributed by atoms with Crippen LogP contribution in [-0.2, 0) is 17.8 Å². The molecular weight excluding hydrogens is 412 g/mol. The first-order valence-electron chi connectivity index (χ1n) is 10.9. The number of aromatic hydroxyl groups is 1. The first kappa shape index (κ1) is 23.6. The molecule has 0 amide bonds. The maximum Gasteiger partial charge on any atom is 0.311 e. The second-order valence-corrected chi connectivity index (χ2v) is 9.43. The predicted octanol–water partition coefficient (Wildman–Crippen LogP) is 5.26. The molecule has 3 rings (SSSR count). The van der Waals surface area contributed by atoms with Gasteiger partial charge in [-0.2, -0.15) is 11.8 Å². The molecule has 7 heteroatoms. The SMILES string of the molecule is CSC(C)Cc1ccc(-c2ccc(O)c([N+](=O)[O-])c2)cc1COCCN1CCCCC1. The molecule has 1 fully saturated rings. The van der Waals surface area contributed by atoms with Gasteiger partial charge in [0.05, 0.1) is 18.1 Å². The Morgan fingerprint density at radius 3 is 2.55 bits per heavy atom. The van der Waals surface area contributed by atoms with Crippen molar-refractivity contribution in [3.05, 3.63) is 57.6 Å². The van der Waals surface area contributed by atoms with Crippen LogP contribution >= 0.6 is 11.8 Å². The molecule has 1 saturated heterocycles. The summed E-state index contributed by atoms with van der Waals surface area (Å²) >= 11 is 1.83. The number of benzene rings is 2. The highest BCUT2D eigenvalue weighted by Crippen LogP contribution is 2.32. The van der Waals surface area contributed by atoms with Crippen molar-refractivity contribution in [2.45, 2.75) is 44.5 Å². The van der Waals surface area contributed by atoms with Gasteiger partial charge >= 0.3 is 5.69 Å². The lowest BCUT2D eigenvalue weighted by Crippen LogP contribution is -2.32. The number of phenolic OH excluding ortho intramolecular Hbond substituents is 1. The van der Waals surface area contributed by atoms with Crippen LogP contribution in [0.25, 0.3) is 11.1 Å². The van der Waals surface area contributed by atoms with E-state index in [-0.39, 0.29) is 11.4 Å². The summed E-state index contributed by atoms with van der Waals surface area (Å²) in [6.45, 7) is 6.72. The Hall–Kier alpha value is -2.09. The van der Waals surface area contributed by atoms with Gasteiger partial charge in [-0.3, -0.25) is 10.1 Å². The van der Waals surface area contributed by atoms with Gasteiger partial charge in [-0.05, 0) is 73.0 Å². The summed E-state index contributed by atoms with van der Waals surface area (Å²) in [6, 6.07) is 10.7. The number of nitro groups is 1. The molecule has 0 aromatic heterocycles. The van der Waals surface area contributed by atoms with Crippen LogP contribution in [0, 0.1) is 10.1 Å². The third-order valence-corrected chi connectivity index (χ3v) is 6.85. The predicted molar refractivity (Wildman–Crippen MR) is 127 cm³/mol. The monoisotopic (exact) mass is 444 g/mol. The largest absolute Gasteiger partial charge is 0.502 e. The number of likely N-dealkylation sites (tertiary alicyclic amines) is 1. The molecule has 1 aliphatic heterocycles. The molecular formula is C24H32N2O4S. The number of ether oxygens (including phenoxy) is 1. The summed E-state index contributed by atoms with van der Waals surface area (Å²) in [6.07, 6.45) is 6.94. The van der Waals surface area contributed by atoms with Gasteiger partial charge in [0.2, 0.25) is 0 Å². The van der Waals surface area contributed by atoms with Crippen LogP contribution in [0.15, 0.2) is 36.4 Å². The van der Waals surface area contributed by atoms with Crippen LogP contribution in [0.5, 0.6) is 5.75 Å². The van der Waals surface area contributed by atoms with Gasteiger partial charge in [-0.15, -0.1) is 0 Å². The first-order valence-corrected chi connectivity index (χ1v) is 12.2. The molecule has 1 heterocycles. The smallest absolute Gasteiger partial charge is 0.311 e. The van der Waals surface area contributed by atoms with Crippen molar-refractivity contribution in [2.24, 2.45) is 0 Å². The number of hydrogen-bond donors (Lipinski definition) is 1. The Labute approximate surface area is 188 Å². The van der Waals surface area contributed by atoms with Gasteiger partial charge in [0.25, 0.3) is 0 Å². The average Bonchev–Trinajstić information content (AvgIpc) is 2.78. The van der Waals surface area contributed by atoms with Crippen LogP contribution in [0.4, 0.5) is 5.69 Å². The highest BCUT2D eigenvalue weighted by Gasteiger charge is 2.16. The molecule has 2 aromatic carbocycles. The third kappa shape index (κ3) is 6.69. The standard InChI is InChI=1S/C24H32N2O4S/c1-18(31-2)14-19-6-7-20(21-8-9-24(27)23(16-21)26(28)29)15-22(19)17-30-13-12-25-10-4-3-5-11-25/h6-9,15-16,18,27H,3-5,10-14,17H2,1-2H3. The second kappa shape index (κ2) is 11.5. The Kier molecular flexibility index (Phi) is 8.75. The molecule has 0 spiro atoms. The van der Waals surface area contributed by atoms with Crippen molar-refractivity contribution in [1.29, 1.82) is 0 Å². The molecule has 1 N–H and O–H groups in total. The number of nitro benzene ring substituents is 1. The van der Waals surface area contributed by atoms with Crippen molar-refractivity contribution in [3.63, 3.8) is 0 Å². The molecule has 6 nitrogen and oxygen atoms in total. The van der Waals surface area contributed by atoms with E-state index in [0.29, 0.717) is 24.0 Å². The van der Waals surface area contributed by atoms with Crippen molar-refractivity contribution in [2.75, 3.05) is 32.5 Å². The Morgan fingerprint density at radius 2 is 1.84 bits per heavy atom. The maximum absolute atomic E-state index is 11.2. The Balaban J connectivity index is 1.76. The zero-order valence-corrected chi connectivity index (χ0v) is 19.2. The summed E-state index contributed by atoms with van der Waals surface area (Å²) in [7, 11) is 0. The van der Waals surface area contributed by atoms with E-state index in [1.165, 1.54) is 37.0 Å². The van der Waals surface area contributed by atoms with E-state index in [2.05, 4.69) is 30.2 Å². The van der Waals surface area contributed by atoms with Crippen LogP contribution in [-0.4, -0.2) is 52.7 Å². The van der Waals surface area contributed by atoms with E-state index < -0.39 is 4.92 Å². The number of nitrogens with zero attached hydrogens (tertiary/aromatic N) is 2. The fourth-order valence-electron chi connectivity index (χ4n) is 3.94. The van der Waals surface area contributed by atoms with Gasteiger partial charge in [0.1, 0.15) is 0 Å². The van der Waals surface area contributed by atoms with Crippen molar-refractivity contribution in [1.82, 2.24) is 4.90 Å². The average molecular weight is 445 g/mol. The minimum absolute atomic E-state index is 0.281. The molecule has 168 valence electrons. The first-order chi connectivity index (χ1) is 15.0. The van der Waals surface area contributed by atoms with Crippen LogP contribution < -0.4 is 0 Å². The van der Waals surface area contributed by atoms with Gasteiger partial charge in [0, 0.05) is 17.9 Å². The summed E-state index contributed by atoms with van der Waals surface area (Å²) < 4.78 is 6.05. The highest BCUT2D eigenvalue weighted by atomic mass is 32.2. The Bertz CT molecular complexity index is 884. The number of phenols is 1.